The number of carbonyl (C=O) groups excluding carboxylic acids is 2. The van der Waals surface area contributed by atoms with Crippen LogP contribution in [0.5, 0.6) is 0 Å². The first-order valence-electron chi connectivity index (χ1n) is 17.9. The van der Waals surface area contributed by atoms with Gasteiger partial charge in [0.05, 0.1) is 18.1 Å². The number of nitriles is 1. The number of pyridine rings is 1. The lowest BCUT2D eigenvalue weighted by atomic mass is 9.32. The number of ether oxygens (including phenoxy) is 1. The zero-order chi connectivity index (χ0) is 32.6. The van der Waals surface area contributed by atoms with Crippen molar-refractivity contribution in [2.24, 2.45) is 56.2 Å². The molecular formula is C40H56N2O3. The van der Waals surface area contributed by atoms with Crippen LogP contribution in [0.15, 0.2) is 30.1 Å². The molecule has 6 rings (SSSR count). The maximum atomic E-state index is 14.3. The highest BCUT2D eigenvalue weighted by Gasteiger charge is 2.71. The van der Waals surface area contributed by atoms with E-state index in [2.05, 4.69) is 78.6 Å². The molecule has 45 heavy (non-hydrogen) atoms. The van der Waals surface area contributed by atoms with Gasteiger partial charge in [-0.3, -0.25) is 14.6 Å². The Labute approximate surface area is 272 Å². The summed E-state index contributed by atoms with van der Waals surface area (Å²) in [5, 5.41) is 10.2. The molecule has 244 valence electrons. The molecule has 0 spiro atoms. The van der Waals surface area contributed by atoms with Gasteiger partial charge in [-0.05, 0) is 127 Å². The van der Waals surface area contributed by atoms with Gasteiger partial charge in [0.1, 0.15) is 5.92 Å². The standard InChI is InChI=1S/C40H56N2O3/c1-9-10-21-45-34(44)40-17-15-35(2,3)24-29(40)32-28(26-12-19-42-20-13-26)22-31-37(6)23-27(25-41)33(43)36(4,5)30(37)11-14-38(31,7)39(32,8)16-18-40/h12-13,19-20,27,29-31H,9-11,14-18,21-24H2,1-8H3/t27?,29-,30-,31?,37-,38+,39+,40-/m0/s1. The van der Waals surface area contributed by atoms with E-state index in [0.29, 0.717) is 18.9 Å². The van der Waals surface area contributed by atoms with Crippen LogP contribution in [-0.4, -0.2) is 23.3 Å². The quantitative estimate of drug-likeness (QED) is 0.244. The summed E-state index contributed by atoms with van der Waals surface area (Å²) in [6, 6.07) is 6.79. The highest BCUT2D eigenvalue weighted by molar-refractivity contribution is 5.90. The van der Waals surface area contributed by atoms with Crippen molar-refractivity contribution in [3.8, 4) is 6.07 Å². The molecule has 5 aliphatic carbocycles. The number of esters is 1. The SMILES string of the molecule is CCCCOC(=O)[C@]12CCC(C)(C)C[C@H]1C1=C(c3ccncc3)CC3[C@@]4(C)CC(C#N)C(=O)C(C)(C)[C@@H]4CC[C@@]3(C)[C@]1(C)CC2. The Hall–Kier alpha value is -2.48. The van der Waals surface area contributed by atoms with E-state index < -0.39 is 16.7 Å². The van der Waals surface area contributed by atoms with Gasteiger partial charge in [-0.1, -0.05) is 67.4 Å². The van der Waals surface area contributed by atoms with Crippen LogP contribution in [0.2, 0.25) is 0 Å². The van der Waals surface area contributed by atoms with E-state index in [1.807, 2.05) is 12.4 Å². The molecule has 5 heteroatoms. The molecule has 2 unspecified atom stereocenters. The molecule has 0 N–H and O–H groups in total. The molecule has 0 radical (unpaired) electrons. The molecule has 1 heterocycles. The minimum atomic E-state index is -0.554. The number of aromatic nitrogens is 1. The zero-order valence-electron chi connectivity index (χ0n) is 29.2. The minimum absolute atomic E-state index is 0.0134. The largest absolute Gasteiger partial charge is 0.465 e. The highest BCUT2D eigenvalue weighted by atomic mass is 16.5. The number of nitrogens with zero attached hydrogens (tertiary/aromatic N) is 2. The van der Waals surface area contributed by atoms with Crippen LogP contribution in [0.25, 0.3) is 5.57 Å². The fourth-order valence-electron chi connectivity index (χ4n) is 12.1. The van der Waals surface area contributed by atoms with Crippen LogP contribution in [0.1, 0.15) is 132 Å². The Morgan fingerprint density at radius 2 is 1.67 bits per heavy atom. The summed E-state index contributed by atoms with van der Waals surface area (Å²) in [7, 11) is 0. The zero-order valence-corrected chi connectivity index (χ0v) is 29.2. The second-order valence-electron chi connectivity index (χ2n) is 17.8. The van der Waals surface area contributed by atoms with Gasteiger partial charge in [0.2, 0.25) is 0 Å². The summed E-state index contributed by atoms with van der Waals surface area (Å²) in [5.74, 6) is 0.321. The van der Waals surface area contributed by atoms with E-state index in [9.17, 15) is 14.9 Å². The molecule has 0 amide bonds. The molecule has 1 aromatic rings. The number of hydrogen-bond acceptors (Lipinski definition) is 5. The van der Waals surface area contributed by atoms with E-state index in [1.165, 1.54) is 16.7 Å². The summed E-state index contributed by atoms with van der Waals surface area (Å²) in [6.07, 6.45) is 14.1. The Kier molecular flexibility index (Phi) is 7.78. The Bertz CT molecular complexity index is 1440. The fourth-order valence-corrected chi connectivity index (χ4v) is 12.1. The maximum Gasteiger partial charge on any atom is 0.312 e. The van der Waals surface area contributed by atoms with Gasteiger partial charge < -0.3 is 4.74 Å². The van der Waals surface area contributed by atoms with Crippen LogP contribution in [-0.2, 0) is 14.3 Å². The Balaban J connectivity index is 1.57. The van der Waals surface area contributed by atoms with Gasteiger partial charge in [0, 0.05) is 17.8 Å². The van der Waals surface area contributed by atoms with E-state index in [-0.39, 0.29) is 45.2 Å². The monoisotopic (exact) mass is 612 g/mol. The first kappa shape index (κ1) is 32.5. The molecule has 0 saturated heterocycles. The van der Waals surface area contributed by atoms with Crippen LogP contribution in [0.4, 0.5) is 0 Å². The maximum absolute atomic E-state index is 14.3. The number of Topliss-reactive ketones (excluding diaryl/α,β-unsaturated/α-hetero) is 1. The lowest BCUT2D eigenvalue weighted by Crippen LogP contribution is -2.66. The van der Waals surface area contributed by atoms with Crippen molar-refractivity contribution in [1.82, 2.24) is 4.98 Å². The van der Waals surface area contributed by atoms with Crippen molar-refractivity contribution in [3.63, 3.8) is 0 Å². The topological polar surface area (TPSA) is 80.0 Å². The van der Waals surface area contributed by atoms with Crippen molar-refractivity contribution in [3.05, 3.63) is 35.7 Å². The van der Waals surface area contributed by atoms with Gasteiger partial charge in [-0.25, -0.2) is 0 Å². The lowest BCUT2D eigenvalue weighted by Gasteiger charge is -2.71. The molecule has 0 aliphatic heterocycles. The van der Waals surface area contributed by atoms with E-state index in [0.717, 1.165) is 64.2 Å². The van der Waals surface area contributed by atoms with Gasteiger partial charge in [-0.15, -0.1) is 0 Å². The molecule has 5 nitrogen and oxygen atoms in total. The van der Waals surface area contributed by atoms with Gasteiger partial charge in [0.25, 0.3) is 0 Å². The summed E-state index contributed by atoms with van der Waals surface area (Å²) >= 11 is 0. The number of fused-ring (bicyclic) bond motifs is 7. The third-order valence-corrected chi connectivity index (χ3v) is 14.8. The van der Waals surface area contributed by atoms with Gasteiger partial charge in [0.15, 0.2) is 5.78 Å². The number of allylic oxidation sites excluding steroid dienone is 2. The number of carbonyl (C=O) groups is 2. The molecule has 8 atom stereocenters. The molecule has 0 aromatic carbocycles. The molecule has 0 bridgehead atoms. The molecule has 4 saturated carbocycles. The van der Waals surface area contributed by atoms with Gasteiger partial charge >= 0.3 is 5.97 Å². The Morgan fingerprint density at radius 3 is 2.33 bits per heavy atom. The van der Waals surface area contributed by atoms with Crippen molar-refractivity contribution in [1.29, 1.82) is 5.26 Å². The summed E-state index contributed by atoms with van der Waals surface area (Å²) in [5.41, 5.74) is 3.02. The van der Waals surface area contributed by atoms with Crippen molar-refractivity contribution in [2.45, 2.75) is 126 Å². The minimum Gasteiger partial charge on any atom is -0.465 e. The Morgan fingerprint density at radius 1 is 0.978 bits per heavy atom. The number of unbranched alkanes of at least 4 members (excludes halogenated alkanes) is 1. The number of rotatable bonds is 5. The van der Waals surface area contributed by atoms with Crippen molar-refractivity contribution < 1.29 is 14.3 Å². The first-order chi connectivity index (χ1) is 21.1. The second kappa shape index (κ2) is 10.8. The molecule has 5 aliphatic rings. The first-order valence-corrected chi connectivity index (χ1v) is 17.9. The van der Waals surface area contributed by atoms with E-state index in [1.54, 1.807) is 0 Å². The van der Waals surface area contributed by atoms with Crippen molar-refractivity contribution >= 4 is 17.3 Å². The third kappa shape index (κ3) is 4.54. The van der Waals surface area contributed by atoms with Crippen molar-refractivity contribution in [2.75, 3.05) is 6.61 Å². The predicted molar refractivity (Wildman–Crippen MR) is 177 cm³/mol. The predicted octanol–water partition coefficient (Wildman–Crippen LogP) is 9.37. The van der Waals surface area contributed by atoms with Crippen LogP contribution in [0, 0.1) is 67.5 Å². The average Bonchev–Trinajstić information content (AvgIpc) is 2.99. The summed E-state index contributed by atoms with van der Waals surface area (Å²) in [4.78, 5) is 32.3. The van der Waals surface area contributed by atoms with E-state index >= 15 is 0 Å². The molecule has 4 fully saturated rings. The average molecular weight is 613 g/mol. The summed E-state index contributed by atoms with van der Waals surface area (Å²) in [6.45, 7) is 19.2. The summed E-state index contributed by atoms with van der Waals surface area (Å²) < 4.78 is 6.15. The third-order valence-electron chi connectivity index (χ3n) is 14.8. The number of hydrogen-bond donors (Lipinski definition) is 0. The van der Waals surface area contributed by atoms with Gasteiger partial charge in [-0.2, -0.15) is 5.26 Å². The fraction of sp³-hybridized carbons (Fsp3) is 0.750. The number of ketones is 1. The molecule has 1 aromatic heterocycles. The van der Waals surface area contributed by atoms with Crippen LogP contribution >= 0.6 is 0 Å². The smallest absolute Gasteiger partial charge is 0.312 e. The molecular weight excluding hydrogens is 556 g/mol. The van der Waals surface area contributed by atoms with Crippen LogP contribution < -0.4 is 0 Å². The normalized spacial score (nSPS) is 41.5. The van der Waals surface area contributed by atoms with Crippen LogP contribution in [0.3, 0.4) is 0 Å². The highest BCUT2D eigenvalue weighted by Crippen LogP contribution is 2.77. The second-order valence-corrected chi connectivity index (χ2v) is 17.8. The lowest BCUT2D eigenvalue weighted by molar-refractivity contribution is -0.193. The van der Waals surface area contributed by atoms with E-state index in [4.69, 9.17) is 4.74 Å².